The topological polar surface area (TPSA) is 0 Å². The molecule has 0 aromatic carbocycles. The fraction of sp³-hybridized carbons (Fsp3) is 1.00. The van der Waals surface area contributed by atoms with Gasteiger partial charge >= 0.3 is 23.9 Å². The largest absolute Gasteiger partial charge is 0.460 e. The highest BCUT2D eigenvalue weighted by molar-refractivity contribution is 7.80. The van der Waals surface area contributed by atoms with Crippen LogP contribution in [0.2, 0.25) is 0 Å². The molecule has 0 bridgehead atoms. The minimum absolute atomic E-state index is 0.0514. The predicted octanol–water partition coefficient (Wildman–Crippen LogP) is 6.12. The van der Waals surface area contributed by atoms with Gasteiger partial charge in [0.25, 0.3) is 0 Å². The molecule has 0 radical (unpaired) electrons. The van der Waals surface area contributed by atoms with Crippen molar-refractivity contribution < 1.29 is 39.5 Å². The van der Waals surface area contributed by atoms with Gasteiger partial charge in [0.05, 0.1) is 0 Å². The Hall–Kier alpha value is -0.280. The molecule has 0 rings (SSSR count). The van der Waals surface area contributed by atoms with Crippen molar-refractivity contribution in [3.8, 4) is 0 Å². The van der Waals surface area contributed by atoms with E-state index in [1.54, 1.807) is 0 Å². The molecule has 0 N–H and O–H groups in total. The van der Waals surface area contributed by atoms with E-state index in [9.17, 15) is 39.5 Å². The molecule has 0 aliphatic heterocycles. The quantitative estimate of drug-likeness (QED) is 0.270. The molecule has 0 saturated heterocycles. The third-order valence-corrected chi connectivity index (χ3v) is 3.42. The van der Waals surface area contributed by atoms with Crippen LogP contribution in [0.5, 0.6) is 0 Å². The molecule has 0 atom stereocenters. The smallest absolute Gasteiger partial charge is 0.200 e. The van der Waals surface area contributed by atoms with Gasteiger partial charge in [-0.25, -0.2) is 0 Å². The fourth-order valence-electron chi connectivity index (χ4n) is 1.73. The monoisotopic (exact) mass is 364 g/mol. The van der Waals surface area contributed by atoms with Crippen LogP contribution < -0.4 is 0 Å². The molecule has 0 aromatic rings. The zero-order chi connectivity index (χ0) is 17.7. The zero-order valence-corrected chi connectivity index (χ0v) is 12.4. The van der Waals surface area contributed by atoms with Crippen molar-refractivity contribution in [2.24, 2.45) is 0 Å². The predicted molar refractivity (Wildman–Crippen MR) is 67.1 cm³/mol. The summed E-state index contributed by atoms with van der Waals surface area (Å²) in [5.74, 6) is -18.1. The van der Waals surface area contributed by atoms with Crippen LogP contribution in [0, 0.1) is 0 Å². The molecule has 0 saturated carbocycles. The molecule has 0 heterocycles. The molecule has 10 heteroatoms. The van der Waals surface area contributed by atoms with Crippen LogP contribution in [-0.2, 0) is 0 Å². The molecular weight excluding hydrogens is 347 g/mol. The van der Waals surface area contributed by atoms with Gasteiger partial charge in [0, 0.05) is 6.42 Å². The Kier molecular flexibility index (Phi) is 7.91. The number of alkyl halides is 9. The highest BCUT2D eigenvalue weighted by atomic mass is 32.1. The standard InChI is InChI=1S/C12H17F9S/c13-9(14,7-5-3-1-2-4-6-8-22)10(15,16)11(17,18)12(19,20)21/h22H,1-8H2. The number of thiol groups is 1. The first-order valence-corrected chi connectivity index (χ1v) is 7.25. The van der Waals surface area contributed by atoms with E-state index in [2.05, 4.69) is 12.6 Å². The maximum atomic E-state index is 13.1. The maximum Gasteiger partial charge on any atom is 0.460 e. The van der Waals surface area contributed by atoms with E-state index in [1.165, 1.54) is 0 Å². The van der Waals surface area contributed by atoms with Gasteiger partial charge in [0.1, 0.15) is 0 Å². The Morgan fingerprint density at radius 2 is 0.955 bits per heavy atom. The van der Waals surface area contributed by atoms with Crippen LogP contribution in [0.15, 0.2) is 0 Å². The lowest BCUT2D eigenvalue weighted by atomic mass is 9.98. The summed E-state index contributed by atoms with van der Waals surface area (Å²) in [5.41, 5.74) is 0. The SMILES string of the molecule is FC(F)(F)C(F)(F)C(F)(F)C(F)(F)CCCCCCCCS. The highest BCUT2D eigenvalue weighted by Gasteiger charge is 2.81. The average Bonchev–Trinajstić information content (AvgIpc) is 2.35. The second-order valence-electron chi connectivity index (χ2n) is 4.95. The second-order valence-corrected chi connectivity index (χ2v) is 5.39. The molecular formula is C12H17F9S. The van der Waals surface area contributed by atoms with Gasteiger partial charge in [-0.2, -0.15) is 52.1 Å². The summed E-state index contributed by atoms with van der Waals surface area (Å²) in [6.45, 7) is 0. The van der Waals surface area contributed by atoms with Gasteiger partial charge in [0.15, 0.2) is 0 Å². The summed E-state index contributed by atoms with van der Waals surface area (Å²) in [6.07, 6.45) is -6.40. The summed E-state index contributed by atoms with van der Waals surface area (Å²) in [4.78, 5) is 0. The summed E-state index contributed by atoms with van der Waals surface area (Å²) >= 11 is 3.94. The first kappa shape index (κ1) is 21.7. The van der Waals surface area contributed by atoms with Crippen molar-refractivity contribution in [3.63, 3.8) is 0 Å². The Bertz CT molecular complexity index is 325. The molecule has 0 unspecified atom stereocenters. The average molecular weight is 364 g/mol. The molecule has 0 aliphatic carbocycles. The normalized spacial score (nSPS) is 14.5. The number of hydrogen-bond acceptors (Lipinski definition) is 1. The van der Waals surface area contributed by atoms with Crippen molar-refractivity contribution in [3.05, 3.63) is 0 Å². The lowest BCUT2D eigenvalue weighted by molar-refractivity contribution is -0.396. The van der Waals surface area contributed by atoms with E-state index in [0.29, 0.717) is 18.6 Å². The minimum atomic E-state index is -6.78. The maximum absolute atomic E-state index is 13.1. The molecule has 0 fully saturated rings. The van der Waals surface area contributed by atoms with Crippen LogP contribution in [0.3, 0.4) is 0 Å². The van der Waals surface area contributed by atoms with Gasteiger partial charge in [-0.3, -0.25) is 0 Å². The van der Waals surface area contributed by atoms with Gasteiger partial charge in [-0.1, -0.05) is 25.7 Å². The summed E-state index contributed by atoms with van der Waals surface area (Å²) in [7, 11) is 0. The second kappa shape index (κ2) is 8.01. The van der Waals surface area contributed by atoms with Crippen molar-refractivity contribution in [2.45, 2.75) is 68.9 Å². The summed E-state index contributed by atoms with van der Waals surface area (Å²) in [6, 6.07) is 0. The number of rotatable bonds is 10. The Labute approximate surface area is 127 Å². The lowest BCUT2D eigenvalue weighted by Gasteiger charge is -2.33. The van der Waals surface area contributed by atoms with Crippen molar-refractivity contribution >= 4 is 12.6 Å². The van der Waals surface area contributed by atoms with Gasteiger partial charge in [-0.05, 0) is 18.6 Å². The first-order chi connectivity index (χ1) is 9.81. The van der Waals surface area contributed by atoms with E-state index in [0.717, 1.165) is 12.8 Å². The Morgan fingerprint density at radius 3 is 1.36 bits per heavy atom. The van der Waals surface area contributed by atoms with E-state index in [4.69, 9.17) is 0 Å². The summed E-state index contributed by atoms with van der Waals surface area (Å²) in [5, 5.41) is 0. The van der Waals surface area contributed by atoms with E-state index >= 15 is 0 Å². The Balaban J connectivity index is 4.53. The van der Waals surface area contributed by atoms with Crippen molar-refractivity contribution in [1.82, 2.24) is 0 Å². The molecule has 0 amide bonds. The third kappa shape index (κ3) is 5.13. The summed E-state index contributed by atoms with van der Waals surface area (Å²) < 4.78 is 113. The van der Waals surface area contributed by atoms with Crippen LogP contribution in [-0.4, -0.2) is 29.7 Å². The van der Waals surface area contributed by atoms with Crippen molar-refractivity contribution in [2.75, 3.05) is 5.75 Å². The lowest BCUT2D eigenvalue weighted by Crippen LogP contribution is -2.60. The molecule has 0 aromatic heterocycles. The van der Waals surface area contributed by atoms with E-state index in [-0.39, 0.29) is 6.42 Å². The van der Waals surface area contributed by atoms with Crippen LogP contribution >= 0.6 is 12.6 Å². The van der Waals surface area contributed by atoms with Gasteiger partial charge in [0.2, 0.25) is 0 Å². The Morgan fingerprint density at radius 1 is 0.545 bits per heavy atom. The highest BCUT2D eigenvalue weighted by Crippen LogP contribution is 2.54. The van der Waals surface area contributed by atoms with Crippen molar-refractivity contribution in [1.29, 1.82) is 0 Å². The number of halogens is 9. The molecule has 0 spiro atoms. The molecule has 0 nitrogen and oxygen atoms in total. The third-order valence-electron chi connectivity index (χ3n) is 3.11. The van der Waals surface area contributed by atoms with Gasteiger partial charge in [-0.15, -0.1) is 0 Å². The van der Waals surface area contributed by atoms with E-state index in [1.807, 2.05) is 0 Å². The van der Waals surface area contributed by atoms with Crippen LogP contribution in [0.25, 0.3) is 0 Å². The fourth-order valence-corrected chi connectivity index (χ4v) is 1.95. The van der Waals surface area contributed by atoms with Gasteiger partial charge < -0.3 is 0 Å². The molecule has 22 heavy (non-hydrogen) atoms. The zero-order valence-electron chi connectivity index (χ0n) is 11.5. The van der Waals surface area contributed by atoms with E-state index < -0.39 is 36.8 Å². The molecule has 0 aliphatic rings. The number of hydrogen-bond donors (Lipinski definition) is 1. The van der Waals surface area contributed by atoms with Crippen LogP contribution in [0.1, 0.15) is 44.9 Å². The first-order valence-electron chi connectivity index (χ1n) is 6.62. The molecule has 134 valence electrons. The minimum Gasteiger partial charge on any atom is -0.200 e. The number of unbranched alkanes of at least 4 members (excludes halogenated alkanes) is 5. The van der Waals surface area contributed by atoms with Crippen LogP contribution in [0.4, 0.5) is 39.5 Å².